The van der Waals surface area contributed by atoms with Crippen LogP contribution in [0.3, 0.4) is 0 Å². The van der Waals surface area contributed by atoms with Crippen LogP contribution in [0.15, 0.2) is 18.5 Å². The van der Waals surface area contributed by atoms with Gasteiger partial charge in [-0.25, -0.2) is 0 Å². The Morgan fingerprint density at radius 1 is 1.58 bits per heavy atom. The number of hydrogen-bond acceptors (Lipinski definition) is 2. The normalized spacial score (nSPS) is 20.8. The fraction of sp³-hybridized carbons (Fsp3) is 0.500. The average molecular weight is 163 g/mol. The molecular weight excluding hydrogens is 150 g/mol. The van der Waals surface area contributed by atoms with E-state index in [0.717, 1.165) is 12.4 Å². The molecule has 0 aromatic carbocycles. The average Bonchev–Trinajstić information content (AvgIpc) is 2.47. The zero-order valence-corrected chi connectivity index (χ0v) is 7.45. The Morgan fingerprint density at radius 2 is 2.42 bits per heavy atom. The van der Waals surface area contributed by atoms with Gasteiger partial charge >= 0.3 is 0 Å². The summed E-state index contributed by atoms with van der Waals surface area (Å²) < 4.78 is 5.53. The van der Waals surface area contributed by atoms with Crippen molar-refractivity contribution in [2.75, 3.05) is 6.61 Å². The molecule has 0 saturated carbocycles. The molecule has 1 unspecified atom stereocenters. The third-order valence-corrected chi connectivity index (χ3v) is 2.43. The largest absolute Gasteiger partial charge is 0.493 e. The molecule has 0 saturated heterocycles. The first-order valence-corrected chi connectivity index (χ1v) is 4.35. The van der Waals surface area contributed by atoms with Crippen LogP contribution in [0.2, 0.25) is 0 Å². The first-order chi connectivity index (χ1) is 5.79. The summed E-state index contributed by atoms with van der Waals surface area (Å²) in [5, 5.41) is 0. The third kappa shape index (κ3) is 1.07. The van der Waals surface area contributed by atoms with Gasteiger partial charge in [-0.3, -0.25) is 4.98 Å². The lowest BCUT2D eigenvalue weighted by molar-refractivity contribution is 0.304. The van der Waals surface area contributed by atoms with Gasteiger partial charge < -0.3 is 4.74 Å². The number of ether oxygens (including phenoxy) is 1. The van der Waals surface area contributed by atoms with Crippen LogP contribution in [-0.2, 0) is 0 Å². The Balaban J connectivity index is 2.36. The number of nitrogens with zero attached hydrogens (tertiary/aromatic N) is 1. The fourth-order valence-corrected chi connectivity index (χ4v) is 1.62. The minimum absolute atomic E-state index is 0.536. The molecule has 2 nitrogen and oxygen atoms in total. The quantitative estimate of drug-likeness (QED) is 0.633. The number of aromatic nitrogens is 1. The molecule has 2 heterocycles. The van der Waals surface area contributed by atoms with E-state index in [0.29, 0.717) is 11.8 Å². The molecular formula is C10H13NO. The van der Waals surface area contributed by atoms with Crippen molar-refractivity contribution in [2.24, 2.45) is 5.92 Å². The third-order valence-electron chi connectivity index (χ3n) is 2.43. The summed E-state index contributed by atoms with van der Waals surface area (Å²) >= 11 is 0. The highest BCUT2D eigenvalue weighted by Crippen LogP contribution is 2.36. The molecule has 0 fully saturated rings. The van der Waals surface area contributed by atoms with Crippen molar-refractivity contribution in [3.05, 3.63) is 24.0 Å². The Bertz CT molecular complexity index is 283. The van der Waals surface area contributed by atoms with Gasteiger partial charge in [0.15, 0.2) is 0 Å². The first-order valence-electron chi connectivity index (χ1n) is 4.35. The molecule has 1 aromatic heterocycles. The SMILES string of the molecule is CC(C)C1COc2ccncc21. The van der Waals surface area contributed by atoms with Gasteiger partial charge in [0.05, 0.1) is 6.61 Å². The second-order valence-electron chi connectivity index (χ2n) is 3.58. The summed E-state index contributed by atoms with van der Waals surface area (Å²) in [4.78, 5) is 4.11. The minimum atomic E-state index is 0.536. The van der Waals surface area contributed by atoms with Crippen molar-refractivity contribution in [1.82, 2.24) is 4.98 Å². The minimum Gasteiger partial charge on any atom is -0.493 e. The van der Waals surface area contributed by atoms with E-state index in [-0.39, 0.29) is 0 Å². The second-order valence-corrected chi connectivity index (χ2v) is 3.58. The molecule has 0 bridgehead atoms. The van der Waals surface area contributed by atoms with E-state index in [9.17, 15) is 0 Å². The molecule has 0 amide bonds. The number of fused-ring (bicyclic) bond motifs is 1. The van der Waals surface area contributed by atoms with Gasteiger partial charge in [-0.05, 0) is 12.0 Å². The molecule has 64 valence electrons. The van der Waals surface area contributed by atoms with E-state index in [1.165, 1.54) is 5.56 Å². The maximum Gasteiger partial charge on any atom is 0.126 e. The summed E-state index contributed by atoms with van der Waals surface area (Å²) in [5.74, 6) is 2.19. The maximum absolute atomic E-state index is 5.53. The topological polar surface area (TPSA) is 22.1 Å². The highest BCUT2D eigenvalue weighted by Gasteiger charge is 2.26. The van der Waals surface area contributed by atoms with E-state index in [4.69, 9.17) is 4.74 Å². The Kier molecular flexibility index (Phi) is 1.75. The van der Waals surface area contributed by atoms with Crippen LogP contribution >= 0.6 is 0 Å². The zero-order valence-electron chi connectivity index (χ0n) is 7.45. The van der Waals surface area contributed by atoms with Crippen molar-refractivity contribution in [1.29, 1.82) is 0 Å². The zero-order chi connectivity index (χ0) is 8.55. The molecule has 1 atom stereocenters. The maximum atomic E-state index is 5.53. The number of rotatable bonds is 1. The Hall–Kier alpha value is -1.05. The van der Waals surface area contributed by atoms with Crippen LogP contribution in [0.4, 0.5) is 0 Å². The molecule has 1 aliphatic heterocycles. The van der Waals surface area contributed by atoms with E-state index < -0.39 is 0 Å². The van der Waals surface area contributed by atoms with E-state index in [2.05, 4.69) is 18.8 Å². The van der Waals surface area contributed by atoms with Crippen LogP contribution in [0.1, 0.15) is 25.3 Å². The standard InChI is InChI=1S/C10H13NO/c1-7(2)9-6-12-10-3-4-11-5-8(9)10/h3-5,7,9H,6H2,1-2H3. The molecule has 0 N–H and O–H groups in total. The van der Waals surface area contributed by atoms with E-state index in [1.54, 1.807) is 6.20 Å². The monoisotopic (exact) mass is 163 g/mol. The van der Waals surface area contributed by atoms with Crippen LogP contribution in [0, 0.1) is 5.92 Å². The van der Waals surface area contributed by atoms with Crippen LogP contribution in [-0.4, -0.2) is 11.6 Å². The van der Waals surface area contributed by atoms with Crippen LogP contribution in [0.5, 0.6) is 5.75 Å². The lowest BCUT2D eigenvalue weighted by Gasteiger charge is -2.11. The van der Waals surface area contributed by atoms with Gasteiger partial charge in [0, 0.05) is 23.9 Å². The Morgan fingerprint density at radius 3 is 3.17 bits per heavy atom. The van der Waals surface area contributed by atoms with Crippen molar-refractivity contribution in [3.63, 3.8) is 0 Å². The summed E-state index contributed by atoms with van der Waals surface area (Å²) in [6, 6.07) is 1.94. The van der Waals surface area contributed by atoms with E-state index >= 15 is 0 Å². The van der Waals surface area contributed by atoms with Gasteiger partial charge in [-0.1, -0.05) is 13.8 Å². The van der Waals surface area contributed by atoms with E-state index in [1.807, 2.05) is 12.3 Å². The van der Waals surface area contributed by atoms with Crippen LogP contribution < -0.4 is 4.74 Å². The fourth-order valence-electron chi connectivity index (χ4n) is 1.62. The molecule has 0 aliphatic carbocycles. The predicted molar refractivity (Wildman–Crippen MR) is 47.3 cm³/mol. The predicted octanol–water partition coefficient (Wildman–Crippen LogP) is 2.21. The lowest BCUT2D eigenvalue weighted by atomic mass is 9.92. The van der Waals surface area contributed by atoms with Crippen molar-refractivity contribution >= 4 is 0 Å². The van der Waals surface area contributed by atoms with Crippen molar-refractivity contribution in [3.8, 4) is 5.75 Å². The van der Waals surface area contributed by atoms with Crippen LogP contribution in [0.25, 0.3) is 0 Å². The molecule has 2 rings (SSSR count). The van der Waals surface area contributed by atoms with Gasteiger partial charge in [0.25, 0.3) is 0 Å². The number of pyridine rings is 1. The van der Waals surface area contributed by atoms with Gasteiger partial charge in [-0.15, -0.1) is 0 Å². The van der Waals surface area contributed by atoms with Gasteiger partial charge in [-0.2, -0.15) is 0 Å². The summed E-state index contributed by atoms with van der Waals surface area (Å²) in [5.41, 5.74) is 1.27. The lowest BCUT2D eigenvalue weighted by Crippen LogP contribution is -2.07. The molecule has 12 heavy (non-hydrogen) atoms. The molecule has 0 radical (unpaired) electrons. The highest BCUT2D eigenvalue weighted by molar-refractivity contribution is 5.37. The summed E-state index contributed by atoms with van der Waals surface area (Å²) in [6.45, 7) is 5.25. The van der Waals surface area contributed by atoms with Gasteiger partial charge in [0.2, 0.25) is 0 Å². The first kappa shape index (κ1) is 7.59. The highest BCUT2D eigenvalue weighted by atomic mass is 16.5. The summed E-state index contributed by atoms with van der Waals surface area (Å²) in [7, 11) is 0. The van der Waals surface area contributed by atoms with Gasteiger partial charge in [0.1, 0.15) is 5.75 Å². The Labute approximate surface area is 72.6 Å². The number of hydrogen-bond donors (Lipinski definition) is 0. The molecule has 0 spiro atoms. The smallest absolute Gasteiger partial charge is 0.126 e. The second kappa shape index (κ2) is 2.77. The van der Waals surface area contributed by atoms with Crippen molar-refractivity contribution < 1.29 is 4.74 Å². The van der Waals surface area contributed by atoms with Crippen molar-refractivity contribution in [2.45, 2.75) is 19.8 Å². The summed E-state index contributed by atoms with van der Waals surface area (Å²) in [6.07, 6.45) is 3.70. The molecule has 2 heteroatoms. The molecule has 1 aliphatic rings. The molecule has 1 aromatic rings.